The molecule has 1 atom stereocenters. The molecule has 18 heavy (non-hydrogen) atoms. The smallest absolute Gasteiger partial charge is 0.247 e. The fraction of sp³-hybridized carbons (Fsp3) is 0.500. The van der Waals surface area contributed by atoms with Gasteiger partial charge in [-0.25, -0.2) is 12.8 Å². The van der Waals surface area contributed by atoms with Gasteiger partial charge in [-0.3, -0.25) is 0 Å². The summed E-state index contributed by atoms with van der Waals surface area (Å²) in [6.07, 6.45) is 2.69. The highest BCUT2D eigenvalue weighted by molar-refractivity contribution is 7.89. The quantitative estimate of drug-likeness (QED) is 0.891. The van der Waals surface area contributed by atoms with Crippen LogP contribution in [0.15, 0.2) is 29.2 Å². The van der Waals surface area contributed by atoms with Crippen LogP contribution in [0.4, 0.5) is 4.39 Å². The molecule has 0 aliphatic carbocycles. The molecule has 1 heterocycles. The van der Waals surface area contributed by atoms with Gasteiger partial charge >= 0.3 is 0 Å². The average Bonchev–Trinajstić information content (AvgIpc) is 2.54. The van der Waals surface area contributed by atoms with E-state index in [-0.39, 0.29) is 4.90 Å². The van der Waals surface area contributed by atoms with Crippen LogP contribution in [0, 0.1) is 5.82 Å². The first kappa shape index (κ1) is 13.5. The number of hydrogen-bond acceptors (Lipinski definition) is 3. The number of halogens is 1. The van der Waals surface area contributed by atoms with Crippen LogP contribution in [0.3, 0.4) is 0 Å². The van der Waals surface area contributed by atoms with Crippen LogP contribution in [-0.2, 0) is 10.0 Å². The highest BCUT2D eigenvalue weighted by atomic mass is 32.2. The van der Waals surface area contributed by atoms with Gasteiger partial charge in [0.15, 0.2) is 0 Å². The van der Waals surface area contributed by atoms with Gasteiger partial charge in [-0.1, -0.05) is 25.0 Å². The van der Waals surface area contributed by atoms with E-state index in [4.69, 9.17) is 5.73 Å². The van der Waals surface area contributed by atoms with Gasteiger partial charge in [0.05, 0.1) is 6.17 Å². The zero-order chi connectivity index (χ0) is 13.2. The molecule has 0 radical (unpaired) electrons. The maximum atomic E-state index is 13.6. The summed E-state index contributed by atoms with van der Waals surface area (Å²) in [7, 11) is -3.83. The van der Waals surface area contributed by atoms with Crippen molar-refractivity contribution in [1.82, 2.24) is 4.31 Å². The first-order chi connectivity index (χ1) is 8.53. The molecule has 1 aliphatic heterocycles. The third-order valence-electron chi connectivity index (χ3n) is 3.17. The summed E-state index contributed by atoms with van der Waals surface area (Å²) in [5.74, 6) is -0.728. The number of hydrogen-bond donors (Lipinski definition) is 1. The van der Waals surface area contributed by atoms with E-state index in [2.05, 4.69) is 0 Å². The zero-order valence-corrected chi connectivity index (χ0v) is 10.9. The first-order valence-electron chi connectivity index (χ1n) is 6.05. The SMILES string of the molecule is NC1CCCCCN1S(=O)(=O)c1ccccc1F. The standard InChI is InChI=1S/C12H17FN2O2S/c13-10-6-3-4-7-11(10)18(16,17)15-9-5-1-2-8-12(15)14/h3-4,6-7,12H,1-2,5,8-9,14H2. The lowest BCUT2D eigenvalue weighted by molar-refractivity contribution is 0.328. The lowest BCUT2D eigenvalue weighted by Gasteiger charge is -2.26. The Balaban J connectivity index is 2.38. The predicted molar refractivity (Wildman–Crippen MR) is 66.7 cm³/mol. The highest BCUT2D eigenvalue weighted by Crippen LogP contribution is 2.24. The van der Waals surface area contributed by atoms with Gasteiger partial charge in [0.1, 0.15) is 10.7 Å². The lowest BCUT2D eigenvalue weighted by Crippen LogP contribution is -2.45. The van der Waals surface area contributed by atoms with Crippen molar-refractivity contribution < 1.29 is 12.8 Å². The van der Waals surface area contributed by atoms with Gasteiger partial charge in [0, 0.05) is 6.54 Å². The van der Waals surface area contributed by atoms with Crippen LogP contribution in [0.5, 0.6) is 0 Å². The molecule has 2 rings (SSSR count). The topological polar surface area (TPSA) is 63.4 Å². The second-order valence-corrected chi connectivity index (χ2v) is 6.32. The van der Waals surface area contributed by atoms with Gasteiger partial charge in [-0.2, -0.15) is 4.31 Å². The summed E-state index contributed by atoms with van der Waals surface area (Å²) in [6, 6.07) is 5.41. The van der Waals surface area contributed by atoms with Gasteiger partial charge in [0.2, 0.25) is 10.0 Å². The minimum atomic E-state index is -3.83. The van der Waals surface area contributed by atoms with Gasteiger partial charge in [-0.15, -0.1) is 0 Å². The average molecular weight is 272 g/mol. The second kappa shape index (κ2) is 5.34. The van der Waals surface area contributed by atoms with Crippen molar-refractivity contribution in [2.75, 3.05) is 6.54 Å². The van der Waals surface area contributed by atoms with Crippen molar-refractivity contribution in [1.29, 1.82) is 0 Å². The van der Waals surface area contributed by atoms with Crippen molar-refractivity contribution in [3.05, 3.63) is 30.1 Å². The van der Waals surface area contributed by atoms with Crippen LogP contribution in [0.25, 0.3) is 0 Å². The zero-order valence-electron chi connectivity index (χ0n) is 10.0. The Morgan fingerprint density at radius 3 is 2.67 bits per heavy atom. The minimum absolute atomic E-state index is 0.289. The molecule has 1 saturated heterocycles. The molecule has 0 spiro atoms. The molecular weight excluding hydrogens is 255 g/mol. The summed E-state index contributed by atoms with van der Waals surface area (Å²) in [5.41, 5.74) is 5.88. The summed E-state index contributed by atoms with van der Waals surface area (Å²) in [6.45, 7) is 0.359. The number of nitrogens with zero attached hydrogens (tertiary/aromatic N) is 1. The van der Waals surface area contributed by atoms with E-state index in [1.165, 1.54) is 22.5 Å². The predicted octanol–water partition coefficient (Wildman–Crippen LogP) is 1.68. The van der Waals surface area contributed by atoms with Gasteiger partial charge in [0.25, 0.3) is 0 Å². The Bertz CT molecular complexity index is 519. The molecule has 1 unspecified atom stereocenters. The normalized spacial score (nSPS) is 22.7. The van der Waals surface area contributed by atoms with Crippen molar-refractivity contribution in [3.8, 4) is 0 Å². The van der Waals surface area contributed by atoms with Gasteiger partial charge < -0.3 is 5.73 Å². The molecule has 1 aliphatic rings. The van der Waals surface area contributed by atoms with Crippen molar-refractivity contribution >= 4 is 10.0 Å². The van der Waals surface area contributed by atoms with E-state index in [9.17, 15) is 12.8 Å². The van der Waals surface area contributed by atoms with Crippen molar-refractivity contribution in [2.24, 2.45) is 5.73 Å². The second-order valence-electron chi connectivity index (χ2n) is 4.46. The van der Waals surface area contributed by atoms with E-state index in [0.29, 0.717) is 13.0 Å². The van der Waals surface area contributed by atoms with Crippen molar-refractivity contribution in [2.45, 2.75) is 36.7 Å². The van der Waals surface area contributed by atoms with Crippen LogP contribution >= 0.6 is 0 Å². The largest absolute Gasteiger partial charge is 0.315 e. The summed E-state index contributed by atoms with van der Waals surface area (Å²) < 4.78 is 39.6. The van der Waals surface area contributed by atoms with Gasteiger partial charge in [-0.05, 0) is 25.0 Å². The lowest BCUT2D eigenvalue weighted by atomic mass is 10.2. The van der Waals surface area contributed by atoms with Crippen LogP contribution in [-0.4, -0.2) is 25.4 Å². The molecule has 2 N–H and O–H groups in total. The molecule has 0 bridgehead atoms. The van der Waals surface area contributed by atoms with E-state index in [1.807, 2.05) is 0 Å². The Kier molecular flexibility index (Phi) is 3.99. The third-order valence-corrected chi connectivity index (χ3v) is 5.13. The Morgan fingerprint density at radius 1 is 1.22 bits per heavy atom. The van der Waals surface area contributed by atoms with Crippen LogP contribution < -0.4 is 5.73 Å². The molecule has 100 valence electrons. The van der Waals surface area contributed by atoms with Crippen LogP contribution in [0.2, 0.25) is 0 Å². The van der Waals surface area contributed by atoms with Crippen LogP contribution in [0.1, 0.15) is 25.7 Å². The van der Waals surface area contributed by atoms with E-state index >= 15 is 0 Å². The van der Waals surface area contributed by atoms with Crippen molar-refractivity contribution in [3.63, 3.8) is 0 Å². The number of rotatable bonds is 2. The Morgan fingerprint density at radius 2 is 1.94 bits per heavy atom. The molecule has 6 heteroatoms. The molecule has 0 aromatic heterocycles. The van der Waals surface area contributed by atoms with E-state index in [1.54, 1.807) is 0 Å². The fourth-order valence-electron chi connectivity index (χ4n) is 2.19. The first-order valence-corrected chi connectivity index (χ1v) is 7.49. The minimum Gasteiger partial charge on any atom is -0.315 e. The third kappa shape index (κ3) is 2.55. The summed E-state index contributed by atoms with van der Waals surface area (Å²) >= 11 is 0. The highest BCUT2D eigenvalue weighted by Gasteiger charge is 2.32. The number of sulfonamides is 1. The molecule has 4 nitrogen and oxygen atoms in total. The molecule has 1 aromatic rings. The molecule has 1 aromatic carbocycles. The maximum absolute atomic E-state index is 13.6. The summed E-state index contributed by atoms with van der Waals surface area (Å²) in [4.78, 5) is -0.289. The molecular formula is C12H17FN2O2S. The maximum Gasteiger partial charge on any atom is 0.247 e. The number of benzene rings is 1. The number of nitrogens with two attached hydrogens (primary N) is 1. The Hall–Kier alpha value is -0.980. The van der Waals surface area contributed by atoms with E-state index < -0.39 is 22.0 Å². The molecule has 0 saturated carbocycles. The van der Waals surface area contributed by atoms with E-state index in [0.717, 1.165) is 25.3 Å². The monoisotopic (exact) mass is 272 g/mol. The fourth-order valence-corrected chi connectivity index (χ4v) is 3.84. The molecule has 0 amide bonds. The summed E-state index contributed by atoms with van der Waals surface area (Å²) in [5, 5.41) is 0. The molecule has 1 fully saturated rings. The Labute approximate surface area is 107 Å².